The second-order valence-corrected chi connectivity index (χ2v) is 31.1. The van der Waals surface area contributed by atoms with Crippen molar-refractivity contribution in [3.05, 3.63) is 232 Å². The van der Waals surface area contributed by atoms with E-state index in [0.717, 1.165) is 69.5 Å². The van der Waals surface area contributed by atoms with Crippen LogP contribution in [0, 0.1) is 37.3 Å². The zero-order valence-corrected chi connectivity index (χ0v) is 59.8. The highest BCUT2D eigenvalue weighted by molar-refractivity contribution is 7.84. The molecule has 2 fully saturated rings. The van der Waals surface area contributed by atoms with Crippen molar-refractivity contribution in [2.45, 2.75) is 161 Å². The van der Waals surface area contributed by atoms with Crippen LogP contribution in [0.4, 0.5) is 35.7 Å². The monoisotopic (exact) mass is 1390 g/mol. The summed E-state index contributed by atoms with van der Waals surface area (Å²) in [4.78, 5) is 60.8. The minimum absolute atomic E-state index is 0.0106. The molecule has 0 radical (unpaired) electrons. The zero-order chi connectivity index (χ0) is 72.9. The first-order valence-electron chi connectivity index (χ1n) is 33.8. The molecule has 12 rings (SSSR count). The fourth-order valence-corrected chi connectivity index (χ4v) is 12.9. The number of aromatic carboxylic acids is 1. The average Bonchev–Trinajstić information content (AvgIpc) is 1.77. The normalized spacial score (nSPS) is 14.7. The molecule has 10 aromatic rings. The van der Waals surface area contributed by atoms with Gasteiger partial charge in [0.1, 0.15) is 34.3 Å². The van der Waals surface area contributed by atoms with Gasteiger partial charge in [0.25, 0.3) is 0 Å². The van der Waals surface area contributed by atoms with Gasteiger partial charge < -0.3 is 31.8 Å². The number of aromatic nitrogens is 6. The van der Waals surface area contributed by atoms with Crippen molar-refractivity contribution >= 4 is 73.8 Å². The van der Waals surface area contributed by atoms with Crippen LogP contribution in [0.2, 0.25) is 0 Å². The number of ether oxygens (including phenoxy) is 2. The van der Waals surface area contributed by atoms with Gasteiger partial charge in [-0.15, -0.1) is 0 Å². The molecule has 8 N–H and O–H groups in total. The van der Waals surface area contributed by atoms with Gasteiger partial charge >= 0.3 is 18.2 Å². The Kier molecular flexibility index (Phi) is 21.9. The van der Waals surface area contributed by atoms with Gasteiger partial charge in [-0.3, -0.25) is 4.79 Å². The van der Waals surface area contributed by atoms with Gasteiger partial charge in [-0.1, -0.05) is 117 Å². The molecule has 2 aliphatic rings. The summed E-state index contributed by atoms with van der Waals surface area (Å²) in [6.07, 6.45) is 9.66. The van der Waals surface area contributed by atoms with Gasteiger partial charge in [-0.25, -0.2) is 51.4 Å². The SMILES string of the molecule is CC(C)(C)[S@@](=O)N[C@](CCC1CC1)(c1ccccc1)c1ccc(F)c(N)c1.Cc1cc(C(=O)Cc2cc(C(N)(CCC3CC3)c3ccccc3)ccc2F)n(-c2ccc3ccnc(N)c3c2)n1.Cc1cc(C(=O)O)n(-c2ccc3ccnc(N(C(=O)OC(C)(C)C)C(=O)OC(C)(C)C)c3c2)n1. The van der Waals surface area contributed by atoms with Gasteiger partial charge in [0.15, 0.2) is 17.3 Å². The maximum Gasteiger partial charge on any atom is 0.425 e. The van der Waals surface area contributed by atoms with Crippen molar-refractivity contribution in [2.75, 3.05) is 16.4 Å². The molecule has 1 unspecified atom stereocenters. The summed E-state index contributed by atoms with van der Waals surface area (Å²) >= 11 is 0. The lowest BCUT2D eigenvalue weighted by molar-refractivity contribution is 0.0428. The number of carboxylic acid groups (broad SMARTS) is 1. The fraction of sp³-hybridized carbons (Fsp3) is 0.342. The average molecular weight is 1390 g/mol. The zero-order valence-electron chi connectivity index (χ0n) is 59.0. The number of carbonyl (C=O) groups is 4. The number of nitrogen functional groups attached to an aromatic ring is 2. The Hall–Kier alpha value is -10.0. The minimum Gasteiger partial charge on any atom is -0.477 e. The molecule has 4 heterocycles. The highest BCUT2D eigenvalue weighted by Crippen LogP contribution is 2.44. The second kappa shape index (κ2) is 30.0. The van der Waals surface area contributed by atoms with Crippen LogP contribution < -0.4 is 26.8 Å². The molecule has 0 aliphatic heterocycles. The molecule has 0 spiro atoms. The lowest BCUT2D eigenvalue weighted by atomic mass is 9.79. The van der Waals surface area contributed by atoms with E-state index in [2.05, 4.69) is 24.9 Å². The number of ketones is 1. The smallest absolute Gasteiger partial charge is 0.425 e. The number of anilines is 3. The largest absolute Gasteiger partial charge is 0.477 e. The maximum atomic E-state index is 15.2. The van der Waals surface area contributed by atoms with E-state index >= 15 is 4.39 Å². The number of hydrogen-bond acceptors (Lipinski definition) is 14. The third kappa shape index (κ3) is 17.9. The number of carbonyl (C=O) groups excluding carboxylic acids is 3. The van der Waals surface area contributed by atoms with Gasteiger partial charge in [-0.05, 0) is 219 Å². The van der Waals surface area contributed by atoms with E-state index in [0.29, 0.717) is 56.5 Å². The summed E-state index contributed by atoms with van der Waals surface area (Å²) in [5, 5.41) is 21.2. The number of rotatable bonds is 19. The first-order valence-corrected chi connectivity index (χ1v) is 35.0. The number of Topliss-reactive ketones (excluding diaryl/α,β-unsaturated/α-hetero) is 1. The highest BCUT2D eigenvalue weighted by Gasteiger charge is 2.41. The first-order chi connectivity index (χ1) is 47.7. The highest BCUT2D eigenvalue weighted by atomic mass is 32.2. The summed E-state index contributed by atoms with van der Waals surface area (Å²) in [6, 6.07) is 47.2. The number of nitrogens with two attached hydrogens (primary N) is 3. The predicted octanol–water partition coefficient (Wildman–Crippen LogP) is 16.3. The molecule has 0 bridgehead atoms. The van der Waals surface area contributed by atoms with Crippen LogP contribution in [0.15, 0.2) is 170 Å². The number of nitrogens with zero attached hydrogens (tertiary/aromatic N) is 7. The number of pyridine rings is 2. The van der Waals surface area contributed by atoms with Crippen LogP contribution in [-0.4, -0.2) is 78.7 Å². The summed E-state index contributed by atoms with van der Waals surface area (Å²) in [6.45, 7) is 19.4. The Morgan fingerprint density at radius 3 is 1.64 bits per heavy atom. The second-order valence-electron chi connectivity index (χ2n) is 29.1. The fourth-order valence-electron chi connectivity index (χ4n) is 11.9. The molecule has 528 valence electrons. The molecule has 101 heavy (non-hydrogen) atoms. The van der Waals surface area contributed by atoms with Crippen molar-refractivity contribution in [3.8, 4) is 11.4 Å². The van der Waals surface area contributed by atoms with E-state index in [9.17, 15) is 32.9 Å². The number of carboxylic acids is 1. The molecule has 2 aliphatic carbocycles. The van der Waals surface area contributed by atoms with E-state index in [4.69, 9.17) is 26.7 Å². The van der Waals surface area contributed by atoms with Crippen LogP contribution in [0.1, 0.15) is 174 Å². The summed E-state index contributed by atoms with van der Waals surface area (Å²) in [5.41, 5.74) is 22.6. The lowest BCUT2D eigenvalue weighted by Gasteiger charge is -2.38. The first kappa shape index (κ1) is 73.7. The molecule has 2 saturated carbocycles. The maximum absolute atomic E-state index is 15.2. The van der Waals surface area contributed by atoms with E-state index in [-0.39, 0.29) is 29.4 Å². The number of fused-ring (bicyclic) bond motifs is 2. The van der Waals surface area contributed by atoms with Crippen molar-refractivity contribution in [2.24, 2.45) is 17.6 Å². The molecule has 22 heteroatoms. The summed E-state index contributed by atoms with van der Waals surface area (Å²) in [7, 11) is -1.30. The standard InChI is InChI=1S/C33H32FN5O.C24H28N4O6.C22H29FN2OS/c1-21-17-30(39(38-21)27-11-9-23-14-16-37-32(35)28(23)20-27)31(40)19-24-18-26(10-12-29(24)34)33(36,15-13-22-7-8-22)25-5-3-2-4-6-25;1-14-12-18(20(29)30)28(26-14)16-9-8-15-10-11-25-19(17(15)13-16)27(21(31)33-23(2,3)4)22(32)34-24(5,6)7;1-21(2,3)27(26)25-22(14-13-16-9-10-16,17-7-5-4-6-8-17)18-11-12-19(23)20(24)15-18/h2-6,9-12,14,16-18,20,22H,7-8,13,15,19,36H2,1H3,(H2,35,37);8-13H,1-7H3,(H,29,30);4-8,11-12,15-16,25H,9-10,13-14,24H2,1-3H3/t;;22-,27-/m..1/s1. The van der Waals surface area contributed by atoms with Crippen LogP contribution in [0.3, 0.4) is 0 Å². The molecule has 4 aromatic heterocycles. The van der Waals surface area contributed by atoms with E-state index < -0.39 is 67.8 Å². The molecule has 3 atom stereocenters. The number of aryl methyl sites for hydroxylation is 2. The molecule has 2 amide bonds. The van der Waals surface area contributed by atoms with Crippen LogP contribution in [0.25, 0.3) is 32.9 Å². The van der Waals surface area contributed by atoms with Crippen molar-refractivity contribution in [3.63, 3.8) is 0 Å². The van der Waals surface area contributed by atoms with Crippen molar-refractivity contribution in [1.82, 2.24) is 34.3 Å². The van der Waals surface area contributed by atoms with Gasteiger partial charge in [-0.2, -0.15) is 15.1 Å². The van der Waals surface area contributed by atoms with Crippen LogP contribution >= 0.6 is 0 Å². The Bertz CT molecular complexity index is 4680. The minimum atomic E-state index is -1.30. The number of amides is 2. The number of benzene rings is 6. The Labute approximate surface area is 590 Å². The quantitative estimate of drug-likeness (QED) is 0.0372. The number of hydrogen-bond donors (Lipinski definition) is 5. The molecular formula is C79H89F2N11O8S. The third-order valence-corrected chi connectivity index (χ3v) is 19.2. The van der Waals surface area contributed by atoms with Crippen molar-refractivity contribution in [1.29, 1.82) is 0 Å². The van der Waals surface area contributed by atoms with E-state index in [1.165, 1.54) is 54.8 Å². The third-order valence-electron chi connectivity index (χ3n) is 17.6. The molecule has 6 aromatic carbocycles. The summed E-state index contributed by atoms with van der Waals surface area (Å²) in [5.74, 6) is -0.424. The van der Waals surface area contributed by atoms with Crippen LogP contribution in [-0.2, 0) is 38.0 Å². The lowest BCUT2D eigenvalue weighted by Crippen LogP contribution is -2.49. The number of imide groups is 1. The Morgan fingerprint density at radius 1 is 0.594 bits per heavy atom. The number of halogens is 2. The Balaban J connectivity index is 0.000000167. The van der Waals surface area contributed by atoms with Gasteiger partial charge in [0, 0.05) is 29.6 Å². The van der Waals surface area contributed by atoms with Crippen molar-refractivity contribution < 1.29 is 46.7 Å². The number of nitrogens with one attached hydrogen (secondary N) is 1. The predicted molar refractivity (Wildman–Crippen MR) is 392 cm³/mol. The Morgan fingerprint density at radius 2 is 1.10 bits per heavy atom. The molecule has 19 nitrogen and oxygen atoms in total. The molecule has 0 saturated heterocycles. The van der Waals surface area contributed by atoms with E-state index in [1.807, 2.05) is 113 Å². The summed E-state index contributed by atoms with van der Waals surface area (Å²) < 4.78 is 59.0. The molecular weight excluding hydrogens is 1300 g/mol. The topological polar surface area (TPSA) is 279 Å². The van der Waals surface area contributed by atoms with Crippen LogP contribution in [0.5, 0.6) is 0 Å². The van der Waals surface area contributed by atoms with Gasteiger partial charge in [0.05, 0.1) is 55.3 Å². The van der Waals surface area contributed by atoms with Gasteiger partial charge in [0.2, 0.25) is 0 Å². The van der Waals surface area contributed by atoms with E-state index in [1.54, 1.807) is 114 Å².